The van der Waals surface area contributed by atoms with Gasteiger partial charge in [0.2, 0.25) is 11.9 Å². The van der Waals surface area contributed by atoms with Crippen LogP contribution in [0.15, 0.2) is 67.4 Å². The maximum Gasteiger partial charge on any atom is 0.267 e. The molecule has 0 radical (unpaired) electrons. The minimum Gasteiger partial charge on any atom is -0.490 e. The summed E-state index contributed by atoms with van der Waals surface area (Å²) in [6.45, 7) is 4.80. The zero-order chi connectivity index (χ0) is 22.8. The summed E-state index contributed by atoms with van der Waals surface area (Å²) in [6, 6.07) is 14.6. The van der Waals surface area contributed by atoms with Crippen molar-refractivity contribution in [2.24, 2.45) is 0 Å². The molecule has 0 atom stereocenters. The van der Waals surface area contributed by atoms with Gasteiger partial charge < -0.3 is 30.2 Å². The van der Waals surface area contributed by atoms with Crippen molar-refractivity contribution in [3.63, 3.8) is 0 Å². The van der Waals surface area contributed by atoms with Gasteiger partial charge in [-0.2, -0.15) is 4.98 Å². The van der Waals surface area contributed by atoms with Crippen LogP contribution in [0.1, 0.15) is 0 Å². The van der Waals surface area contributed by atoms with Gasteiger partial charge in [-0.05, 0) is 42.5 Å². The normalized spacial score (nSPS) is 10.2. The van der Waals surface area contributed by atoms with Gasteiger partial charge in [-0.25, -0.2) is 4.98 Å². The van der Waals surface area contributed by atoms with Crippen molar-refractivity contribution in [1.82, 2.24) is 9.97 Å². The number of hydrogen-bond acceptors (Lipinski definition) is 8. The van der Waals surface area contributed by atoms with Crippen LogP contribution in [0.25, 0.3) is 0 Å². The highest BCUT2D eigenvalue weighted by Crippen LogP contribution is 2.31. The van der Waals surface area contributed by atoms with E-state index in [1.54, 1.807) is 31.4 Å². The SMILES string of the molecule is C=CC(=O)Nc1cccc(Oc2nc(Nc3ccc(NCCOC)cc3)ncc2OC)c1. The van der Waals surface area contributed by atoms with E-state index in [-0.39, 0.29) is 11.8 Å². The Bertz CT molecular complexity index is 1060. The summed E-state index contributed by atoms with van der Waals surface area (Å²) >= 11 is 0. The first-order valence-corrected chi connectivity index (χ1v) is 9.83. The molecule has 0 saturated carbocycles. The number of nitrogens with one attached hydrogen (secondary N) is 3. The van der Waals surface area contributed by atoms with E-state index in [1.807, 2.05) is 24.3 Å². The van der Waals surface area contributed by atoms with E-state index in [1.165, 1.54) is 19.4 Å². The molecule has 3 N–H and O–H groups in total. The molecule has 32 heavy (non-hydrogen) atoms. The molecule has 0 unspecified atom stereocenters. The molecule has 1 amide bonds. The van der Waals surface area contributed by atoms with E-state index in [0.29, 0.717) is 29.7 Å². The Labute approximate surface area is 186 Å². The van der Waals surface area contributed by atoms with E-state index in [4.69, 9.17) is 14.2 Å². The molecule has 3 aromatic rings. The first kappa shape index (κ1) is 22.6. The number of aromatic nitrogens is 2. The van der Waals surface area contributed by atoms with Crippen LogP contribution in [0, 0.1) is 0 Å². The second-order valence-electron chi connectivity index (χ2n) is 6.51. The van der Waals surface area contributed by atoms with Gasteiger partial charge in [0.15, 0.2) is 5.75 Å². The summed E-state index contributed by atoms with van der Waals surface area (Å²) in [6.07, 6.45) is 2.72. The highest BCUT2D eigenvalue weighted by molar-refractivity contribution is 5.98. The maximum atomic E-state index is 11.5. The predicted octanol–water partition coefficient (Wildman–Crippen LogP) is 4.20. The smallest absolute Gasteiger partial charge is 0.267 e. The van der Waals surface area contributed by atoms with Crippen LogP contribution in [-0.2, 0) is 9.53 Å². The topological polar surface area (TPSA) is 107 Å². The number of ether oxygens (including phenoxy) is 3. The fraction of sp³-hybridized carbons (Fsp3) is 0.174. The largest absolute Gasteiger partial charge is 0.490 e. The third-order valence-electron chi connectivity index (χ3n) is 4.22. The van der Waals surface area contributed by atoms with Crippen molar-refractivity contribution < 1.29 is 19.0 Å². The lowest BCUT2D eigenvalue weighted by molar-refractivity contribution is -0.111. The Hall–Kier alpha value is -4.11. The first-order valence-electron chi connectivity index (χ1n) is 9.83. The summed E-state index contributed by atoms with van der Waals surface area (Å²) in [5.74, 6) is 1.11. The van der Waals surface area contributed by atoms with Crippen LogP contribution < -0.4 is 25.4 Å². The number of nitrogens with zero attached hydrogens (tertiary/aromatic N) is 2. The number of rotatable bonds is 11. The highest BCUT2D eigenvalue weighted by Gasteiger charge is 2.11. The highest BCUT2D eigenvalue weighted by atomic mass is 16.5. The van der Waals surface area contributed by atoms with Crippen LogP contribution >= 0.6 is 0 Å². The third kappa shape index (κ3) is 6.44. The molecule has 0 aliphatic carbocycles. The quantitative estimate of drug-likeness (QED) is 0.304. The fourth-order valence-corrected chi connectivity index (χ4v) is 2.67. The average Bonchev–Trinajstić information content (AvgIpc) is 2.81. The molecule has 1 heterocycles. The van der Waals surface area contributed by atoms with E-state index < -0.39 is 0 Å². The summed E-state index contributed by atoms with van der Waals surface area (Å²) < 4.78 is 16.2. The zero-order valence-electron chi connectivity index (χ0n) is 17.9. The minimum absolute atomic E-state index is 0.232. The Morgan fingerprint density at radius 1 is 1.09 bits per heavy atom. The number of amides is 1. The van der Waals surface area contributed by atoms with Crippen LogP contribution in [0.4, 0.5) is 23.0 Å². The van der Waals surface area contributed by atoms with Crippen molar-refractivity contribution in [3.05, 3.63) is 67.4 Å². The standard InChI is InChI=1S/C23H25N5O4/c1-4-21(29)26-18-6-5-7-19(14-18)32-22-20(31-3)15-25-23(28-22)27-17-10-8-16(9-11-17)24-12-13-30-2/h4-11,14-15,24H,1,12-13H2,2-3H3,(H,26,29)(H,25,27,28). The molecule has 0 spiro atoms. The summed E-state index contributed by atoms with van der Waals surface area (Å²) in [4.78, 5) is 20.2. The van der Waals surface area contributed by atoms with Crippen LogP contribution in [0.2, 0.25) is 0 Å². The third-order valence-corrected chi connectivity index (χ3v) is 4.22. The second kappa shape index (κ2) is 11.3. The second-order valence-corrected chi connectivity index (χ2v) is 6.51. The Kier molecular flexibility index (Phi) is 7.99. The Morgan fingerprint density at radius 2 is 1.88 bits per heavy atom. The minimum atomic E-state index is -0.312. The number of methoxy groups -OCH3 is 2. The summed E-state index contributed by atoms with van der Waals surface area (Å²) in [5, 5.41) is 9.08. The Balaban J connectivity index is 1.72. The van der Waals surface area contributed by atoms with Crippen molar-refractivity contribution in [3.8, 4) is 17.4 Å². The van der Waals surface area contributed by atoms with Crippen molar-refractivity contribution in [2.75, 3.05) is 43.3 Å². The molecule has 2 aromatic carbocycles. The lowest BCUT2D eigenvalue weighted by Gasteiger charge is -2.12. The number of hydrogen-bond donors (Lipinski definition) is 3. The van der Waals surface area contributed by atoms with Gasteiger partial charge in [0, 0.05) is 36.8 Å². The zero-order valence-corrected chi connectivity index (χ0v) is 17.9. The lowest BCUT2D eigenvalue weighted by atomic mass is 10.3. The van der Waals surface area contributed by atoms with E-state index in [0.717, 1.165) is 17.9 Å². The number of anilines is 4. The van der Waals surface area contributed by atoms with Crippen LogP contribution in [-0.4, -0.2) is 43.2 Å². The number of carbonyl (C=O) groups is 1. The fourth-order valence-electron chi connectivity index (χ4n) is 2.67. The summed E-state index contributed by atoms with van der Waals surface area (Å²) in [5.41, 5.74) is 2.36. The van der Waals surface area contributed by atoms with Gasteiger partial charge in [-0.1, -0.05) is 12.6 Å². The molecule has 9 heteroatoms. The number of benzene rings is 2. The van der Waals surface area contributed by atoms with Gasteiger partial charge in [0.1, 0.15) is 5.75 Å². The van der Waals surface area contributed by atoms with Crippen LogP contribution in [0.3, 0.4) is 0 Å². The number of carbonyl (C=O) groups excluding carboxylic acids is 1. The van der Waals surface area contributed by atoms with Gasteiger partial charge in [-0.3, -0.25) is 4.79 Å². The molecule has 0 aliphatic heterocycles. The van der Waals surface area contributed by atoms with Gasteiger partial charge in [-0.15, -0.1) is 0 Å². The lowest BCUT2D eigenvalue weighted by Crippen LogP contribution is -2.07. The van der Waals surface area contributed by atoms with E-state index >= 15 is 0 Å². The molecular formula is C23H25N5O4. The Morgan fingerprint density at radius 3 is 2.59 bits per heavy atom. The summed E-state index contributed by atoms with van der Waals surface area (Å²) in [7, 11) is 3.17. The molecule has 9 nitrogen and oxygen atoms in total. The molecule has 166 valence electrons. The predicted molar refractivity (Wildman–Crippen MR) is 124 cm³/mol. The monoisotopic (exact) mass is 435 g/mol. The average molecular weight is 435 g/mol. The van der Waals surface area contributed by atoms with Gasteiger partial charge in [0.25, 0.3) is 5.88 Å². The molecule has 0 bridgehead atoms. The maximum absolute atomic E-state index is 11.5. The van der Waals surface area contributed by atoms with Crippen molar-refractivity contribution in [2.45, 2.75) is 0 Å². The first-order chi connectivity index (χ1) is 15.6. The van der Waals surface area contributed by atoms with E-state index in [2.05, 4.69) is 32.5 Å². The molecule has 0 aliphatic rings. The van der Waals surface area contributed by atoms with Gasteiger partial charge >= 0.3 is 0 Å². The molecule has 3 rings (SSSR count). The van der Waals surface area contributed by atoms with Gasteiger partial charge in [0.05, 0.1) is 19.9 Å². The van der Waals surface area contributed by atoms with Crippen molar-refractivity contribution >= 4 is 28.9 Å². The molecular weight excluding hydrogens is 410 g/mol. The molecule has 0 fully saturated rings. The van der Waals surface area contributed by atoms with Crippen molar-refractivity contribution in [1.29, 1.82) is 0 Å². The van der Waals surface area contributed by atoms with Crippen LogP contribution in [0.5, 0.6) is 17.4 Å². The molecule has 0 saturated heterocycles. The molecule has 1 aromatic heterocycles. The van der Waals surface area contributed by atoms with E-state index in [9.17, 15) is 4.79 Å².